The standard InChI is InChI=1S/C17H16ClN3O4/c1-25-14-5-6-15(22)12(8-14)9-20-21-16(23)10-19-17(24)11-3-2-4-13(18)7-11/h2-9,22H,10H2,1H3,(H,19,24)(H,21,23)/b20-9+. The van der Waals surface area contributed by atoms with Crippen LogP contribution in [0.25, 0.3) is 0 Å². The third-order valence-electron chi connectivity index (χ3n) is 3.12. The number of amides is 2. The lowest BCUT2D eigenvalue weighted by atomic mass is 10.2. The van der Waals surface area contributed by atoms with Crippen LogP contribution in [0.15, 0.2) is 47.6 Å². The van der Waals surface area contributed by atoms with Gasteiger partial charge in [0.25, 0.3) is 11.8 Å². The lowest BCUT2D eigenvalue weighted by Gasteiger charge is -2.05. The van der Waals surface area contributed by atoms with Gasteiger partial charge in [-0.25, -0.2) is 5.43 Å². The molecule has 0 aliphatic heterocycles. The molecular weight excluding hydrogens is 346 g/mol. The van der Waals surface area contributed by atoms with E-state index < -0.39 is 11.8 Å². The van der Waals surface area contributed by atoms with Crippen molar-refractivity contribution in [3.05, 3.63) is 58.6 Å². The van der Waals surface area contributed by atoms with Crippen LogP contribution in [0, 0.1) is 0 Å². The molecule has 0 aliphatic rings. The minimum atomic E-state index is -0.519. The summed E-state index contributed by atoms with van der Waals surface area (Å²) in [4.78, 5) is 23.6. The van der Waals surface area contributed by atoms with Gasteiger partial charge in [-0.1, -0.05) is 17.7 Å². The van der Waals surface area contributed by atoms with Gasteiger partial charge in [0.15, 0.2) is 0 Å². The highest BCUT2D eigenvalue weighted by atomic mass is 35.5. The average Bonchev–Trinajstić information content (AvgIpc) is 2.61. The summed E-state index contributed by atoms with van der Waals surface area (Å²) < 4.78 is 5.04. The number of nitrogens with zero attached hydrogens (tertiary/aromatic N) is 1. The summed E-state index contributed by atoms with van der Waals surface area (Å²) in [6.45, 7) is -0.257. The quantitative estimate of drug-likeness (QED) is 0.540. The SMILES string of the molecule is COc1ccc(O)c(/C=N/NC(=O)CNC(=O)c2cccc(Cl)c2)c1. The minimum Gasteiger partial charge on any atom is -0.507 e. The summed E-state index contributed by atoms with van der Waals surface area (Å²) in [5, 5.41) is 16.3. The van der Waals surface area contributed by atoms with Gasteiger partial charge in [-0.15, -0.1) is 0 Å². The number of methoxy groups -OCH3 is 1. The van der Waals surface area contributed by atoms with Crippen LogP contribution in [0.2, 0.25) is 5.02 Å². The minimum absolute atomic E-state index is 0.00643. The average molecular weight is 362 g/mol. The first-order valence-corrected chi connectivity index (χ1v) is 7.60. The molecule has 0 unspecified atom stereocenters. The van der Waals surface area contributed by atoms with Gasteiger partial charge in [0.05, 0.1) is 19.9 Å². The Morgan fingerprint density at radius 1 is 1.28 bits per heavy atom. The van der Waals surface area contributed by atoms with Crippen LogP contribution in [-0.4, -0.2) is 36.8 Å². The van der Waals surface area contributed by atoms with Crippen molar-refractivity contribution in [1.29, 1.82) is 0 Å². The highest BCUT2D eigenvalue weighted by molar-refractivity contribution is 6.30. The summed E-state index contributed by atoms with van der Waals surface area (Å²) in [6.07, 6.45) is 1.27. The molecule has 0 radical (unpaired) electrons. The van der Waals surface area contributed by atoms with Crippen molar-refractivity contribution in [3.8, 4) is 11.5 Å². The summed E-state index contributed by atoms with van der Waals surface area (Å²) in [7, 11) is 1.50. The molecule has 25 heavy (non-hydrogen) atoms. The van der Waals surface area contributed by atoms with Crippen LogP contribution < -0.4 is 15.5 Å². The molecule has 2 rings (SSSR count). The number of rotatable bonds is 6. The van der Waals surface area contributed by atoms with E-state index in [1.54, 1.807) is 30.3 Å². The molecule has 7 nitrogen and oxygen atoms in total. The lowest BCUT2D eigenvalue weighted by Crippen LogP contribution is -2.34. The fourth-order valence-electron chi connectivity index (χ4n) is 1.87. The van der Waals surface area contributed by atoms with E-state index in [4.69, 9.17) is 16.3 Å². The number of hydrogen-bond acceptors (Lipinski definition) is 5. The van der Waals surface area contributed by atoms with Gasteiger partial charge >= 0.3 is 0 Å². The topological polar surface area (TPSA) is 100 Å². The Morgan fingerprint density at radius 3 is 2.80 bits per heavy atom. The van der Waals surface area contributed by atoms with E-state index in [9.17, 15) is 14.7 Å². The molecule has 2 amide bonds. The lowest BCUT2D eigenvalue weighted by molar-refractivity contribution is -0.120. The van der Waals surface area contributed by atoms with Gasteiger partial charge in [-0.3, -0.25) is 9.59 Å². The largest absolute Gasteiger partial charge is 0.507 e. The Bertz CT molecular complexity index is 808. The predicted octanol–water partition coefficient (Wildman–Crippen LogP) is 1.93. The Hall–Kier alpha value is -3.06. The molecule has 0 atom stereocenters. The van der Waals surface area contributed by atoms with E-state index in [2.05, 4.69) is 15.8 Å². The highest BCUT2D eigenvalue weighted by Crippen LogP contribution is 2.20. The van der Waals surface area contributed by atoms with Crippen molar-refractivity contribution in [2.24, 2.45) is 5.10 Å². The second-order valence-electron chi connectivity index (χ2n) is 4.91. The molecule has 130 valence electrons. The fourth-order valence-corrected chi connectivity index (χ4v) is 2.06. The van der Waals surface area contributed by atoms with Gasteiger partial charge < -0.3 is 15.2 Å². The number of aromatic hydroxyl groups is 1. The van der Waals surface area contributed by atoms with Gasteiger partial charge in [-0.2, -0.15) is 5.10 Å². The monoisotopic (exact) mass is 361 g/mol. The Kier molecular flexibility index (Phi) is 6.36. The number of nitrogens with one attached hydrogen (secondary N) is 2. The maximum absolute atomic E-state index is 11.9. The molecule has 2 aromatic rings. The molecule has 3 N–H and O–H groups in total. The Labute approximate surface area is 149 Å². The van der Waals surface area contributed by atoms with Gasteiger partial charge in [0, 0.05) is 16.1 Å². The molecule has 0 fully saturated rings. The number of ether oxygens (including phenoxy) is 1. The van der Waals surface area contributed by atoms with E-state index >= 15 is 0 Å². The zero-order valence-corrected chi connectivity index (χ0v) is 14.1. The van der Waals surface area contributed by atoms with E-state index in [0.29, 0.717) is 21.9 Å². The zero-order valence-electron chi connectivity index (χ0n) is 13.3. The van der Waals surface area contributed by atoms with Crippen LogP contribution in [0.4, 0.5) is 0 Å². The van der Waals surface area contributed by atoms with Crippen molar-refractivity contribution in [2.45, 2.75) is 0 Å². The Balaban J connectivity index is 1.85. The predicted molar refractivity (Wildman–Crippen MR) is 94.2 cm³/mol. The Morgan fingerprint density at radius 2 is 2.08 bits per heavy atom. The fraction of sp³-hybridized carbons (Fsp3) is 0.118. The first-order valence-electron chi connectivity index (χ1n) is 7.22. The van der Waals surface area contributed by atoms with Crippen LogP contribution >= 0.6 is 11.6 Å². The smallest absolute Gasteiger partial charge is 0.259 e. The van der Waals surface area contributed by atoms with Gasteiger partial charge in [0.2, 0.25) is 0 Å². The van der Waals surface area contributed by atoms with Crippen molar-refractivity contribution in [2.75, 3.05) is 13.7 Å². The third kappa shape index (κ3) is 5.50. The number of halogens is 1. The summed E-state index contributed by atoms with van der Waals surface area (Å²) in [5.41, 5.74) is 2.98. The maximum atomic E-state index is 11.9. The molecule has 8 heteroatoms. The van der Waals surface area contributed by atoms with Crippen molar-refractivity contribution >= 4 is 29.6 Å². The molecule has 0 spiro atoms. The zero-order chi connectivity index (χ0) is 18.2. The summed E-state index contributed by atoms with van der Waals surface area (Å²) in [5.74, 6) is -0.409. The number of hydrogen-bond donors (Lipinski definition) is 3. The molecule has 0 saturated heterocycles. The highest BCUT2D eigenvalue weighted by Gasteiger charge is 2.08. The molecule has 0 saturated carbocycles. The van der Waals surface area contributed by atoms with Crippen LogP contribution in [0.3, 0.4) is 0 Å². The van der Waals surface area contributed by atoms with Crippen molar-refractivity contribution in [3.63, 3.8) is 0 Å². The maximum Gasteiger partial charge on any atom is 0.259 e. The first-order chi connectivity index (χ1) is 12.0. The second kappa shape index (κ2) is 8.70. The number of benzene rings is 2. The molecule has 0 aromatic heterocycles. The third-order valence-corrected chi connectivity index (χ3v) is 3.36. The van der Waals surface area contributed by atoms with E-state index in [0.717, 1.165) is 0 Å². The van der Waals surface area contributed by atoms with E-state index in [-0.39, 0.29) is 12.3 Å². The van der Waals surface area contributed by atoms with E-state index in [1.807, 2.05) is 0 Å². The number of carbonyl (C=O) groups is 2. The molecule has 0 bridgehead atoms. The van der Waals surface area contributed by atoms with Crippen molar-refractivity contribution in [1.82, 2.24) is 10.7 Å². The molecule has 2 aromatic carbocycles. The normalized spacial score (nSPS) is 10.5. The summed E-state index contributed by atoms with van der Waals surface area (Å²) >= 11 is 5.80. The van der Waals surface area contributed by atoms with Gasteiger partial charge in [-0.05, 0) is 36.4 Å². The first kappa shape index (κ1) is 18.3. The molecule has 0 heterocycles. The molecular formula is C17H16ClN3O4. The number of carbonyl (C=O) groups excluding carboxylic acids is 2. The van der Waals surface area contributed by atoms with Crippen LogP contribution in [0.1, 0.15) is 15.9 Å². The van der Waals surface area contributed by atoms with Crippen molar-refractivity contribution < 1.29 is 19.4 Å². The number of phenols is 1. The molecule has 0 aliphatic carbocycles. The van der Waals surface area contributed by atoms with Crippen LogP contribution in [-0.2, 0) is 4.79 Å². The summed E-state index contributed by atoms with van der Waals surface area (Å²) in [6, 6.07) is 11.0. The van der Waals surface area contributed by atoms with Gasteiger partial charge in [0.1, 0.15) is 11.5 Å². The number of phenolic OH excluding ortho intramolecular Hbond substituents is 1. The van der Waals surface area contributed by atoms with Crippen LogP contribution in [0.5, 0.6) is 11.5 Å². The second-order valence-corrected chi connectivity index (χ2v) is 5.35. The van der Waals surface area contributed by atoms with E-state index in [1.165, 1.54) is 25.5 Å². The number of hydrazone groups is 1.